The van der Waals surface area contributed by atoms with Gasteiger partial charge in [-0.1, -0.05) is 18.2 Å². The van der Waals surface area contributed by atoms with Gasteiger partial charge >= 0.3 is 11.7 Å². The quantitative estimate of drug-likeness (QED) is 0.380. The number of methoxy groups -OCH3 is 1. The molecule has 1 saturated heterocycles. The highest BCUT2D eigenvalue weighted by atomic mass is 19.3. The molecule has 2 aromatic carbocycles. The maximum atomic E-state index is 12.9. The molecule has 9 nitrogen and oxygen atoms in total. The summed E-state index contributed by atoms with van der Waals surface area (Å²) in [6, 6.07) is 12.9. The van der Waals surface area contributed by atoms with E-state index in [9.17, 15) is 18.4 Å². The molecule has 194 valence electrons. The van der Waals surface area contributed by atoms with E-state index in [0.717, 1.165) is 33.1 Å². The van der Waals surface area contributed by atoms with Gasteiger partial charge in [-0.2, -0.15) is 0 Å². The first kappa shape index (κ1) is 24.8. The minimum atomic E-state index is -2.61. The Hall–Kier alpha value is -3.83. The number of ether oxygens (including phenoxy) is 1. The van der Waals surface area contributed by atoms with Crippen molar-refractivity contribution in [3.63, 3.8) is 0 Å². The number of carbonyl (C=O) groups excluding carboxylic acids is 1. The number of rotatable bonds is 8. The van der Waals surface area contributed by atoms with Gasteiger partial charge in [0, 0.05) is 38.3 Å². The monoisotopic (exact) mass is 510 g/mol. The van der Waals surface area contributed by atoms with Crippen molar-refractivity contribution in [3.8, 4) is 11.1 Å². The Kier molecular flexibility index (Phi) is 6.65. The third-order valence-corrected chi connectivity index (χ3v) is 6.59. The number of urea groups is 1. The molecule has 2 aromatic heterocycles. The Balaban J connectivity index is 1.32. The maximum Gasteiger partial charge on any atom is 0.328 e. The van der Waals surface area contributed by atoms with Crippen LogP contribution in [0.1, 0.15) is 0 Å². The number of fused-ring (bicyclic) bond motifs is 3. The van der Waals surface area contributed by atoms with E-state index in [1.807, 2.05) is 30.3 Å². The molecule has 4 aromatic rings. The van der Waals surface area contributed by atoms with E-state index >= 15 is 0 Å². The molecule has 0 bridgehead atoms. The van der Waals surface area contributed by atoms with E-state index in [-0.39, 0.29) is 25.3 Å². The standard InChI is InChI=1S/C26H28F2N6O3/c1-32-22-14-30-21-8-5-18(13-20(21)23(22)34(25(32)36)11-12-37-2)17-3-6-19(7-4-17)31-24(35)29-9-10-33-15-26(27,28)16-33/h3-8,13-14H,9-12,15-16H2,1-2H3,(H2,29,31,35). The van der Waals surface area contributed by atoms with E-state index in [2.05, 4.69) is 15.6 Å². The van der Waals surface area contributed by atoms with Crippen LogP contribution >= 0.6 is 0 Å². The number of hydrogen-bond acceptors (Lipinski definition) is 5. The summed E-state index contributed by atoms with van der Waals surface area (Å²) < 4.78 is 34.3. The Morgan fingerprint density at radius 3 is 2.54 bits per heavy atom. The lowest BCUT2D eigenvalue weighted by atomic mass is 10.0. The minimum Gasteiger partial charge on any atom is -0.383 e. The van der Waals surface area contributed by atoms with Crippen molar-refractivity contribution in [3.05, 3.63) is 59.1 Å². The zero-order chi connectivity index (χ0) is 26.2. The molecule has 1 aliphatic rings. The number of aryl methyl sites for hydroxylation is 1. The Morgan fingerprint density at radius 1 is 1.11 bits per heavy atom. The zero-order valence-corrected chi connectivity index (χ0v) is 20.6. The average Bonchev–Trinajstić information content (AvgIpc) is 3.11. The van der Waals surface area contributed by atoms with Crippen LogP contribution < -0.4 is 16.3 Å². The van der Waals surface area contributed by atoms with E-state index in [0.29, 0.717) is 25.4 Å². The molecule has 5 rings (SSSR count). The number of amides is 2. The van der Waals surface area contributed by atoms with Crippen molar-refractivity contribution in [2.24, 2.45) is 7.05 Å². The molecule has 0 saturated carbocycles. The zero-order valence-electron chi connectivity index (χ0n) is 20.6. The third-order valence-electron chi connectivity index (χ3n) is 6.59. The van der Waals surface area contributed by atoms with Crippen LogP contribution in [0, 0.1) is 0 Å². The van der Waals surface area contributed by atoms with E-state index < -0.39 is 12.0 Å². The van der Waals surface area contributed by atoms with Gasteiger partial charge in [-0.3, -0.25) is 19.0 Å². The molecule has 1 aliphatic heterocycles. The van der Waals surface area contributed by atoms with Gasteiger partial charge < -0.3 is 15.4 Å². The number of halogens is 2. The fraction of sp³-hybridized carbons (Fsp3) is 0.346. The van der Waals surface area contributed by atoms with Crippen LogP contribution in [-0.4, -0.2) is 70.9 Å². The molecule has 0 unspecified atom stereocenters. The lowest BCUT2D eigenvalue weighted by Gasteiger charge is -2.38. The van der Waals surface area contributed by atoms with Crippen LogP contribution in [0.2, 0.25) is 0 Å². The Labute approximate surface area is 211 Å². The number of hydrogen-bond donors (Lipinski definition) is 2. The average molecular weight is 511 g/mol. The highest BCUT2D eigenvalue weighted by molar-refractivity contribution is 6.04. The topological polar surface area (TPSA) is 93.4 Å². The van der Waals surface area contributed by atoms with E-state index in [1.54, 1.807) is 46.5 Å². The minimum absolute atomic E-state index is 0.122. The molecule has 1 fully saturated rings. The number of anilines is 1. The summed E-state index contributed by atoms with van der Waals surface area (Å²) in [5.41, 5.74) is 4.71. The first-order valence-corrected chi connectivity index (χ1v) is 12.0. The number of imidazole rings is 1. The molecule has 3 heterocycles. The van der Waals surface area contributed by atoms with Gasteiger partial charge in [0.05, 0.1) is 49.0 Å². The summed E-state index contributed by atoms with van der Waals surface area (Å²) >= 11 is 0. The third kappa shape index (κ3) is 5.05. The fourth-order valence-electron chi connectivity index (χ4n) is 4.66. The van der Waals surface area contributed by atoms with Crippen LogP contribution in [0.25, 0.3) is 33.1 Å². The SMILES string of the molecule is COCCn1c(=O)n(C)c2cnc3ccc(-c4ccc(NC(=O)NCCN5CC(F)(F)C5)cc4)cc3c21. The second kappa shape index (κ2) is 9.91. The molecule has 0 aliphatic carbocycles. The molecule has 2 N–H and O–H groups in total. The number of pyridine rings is 1. The molecule has 0 atom stereocenters. The maximum absolute atomic E-state index is 12.9. The first-order chi connectivity index (χ1) is 17.8. The largest absolute Gasteiger partial charge is 0.383 e. The fourth-order valence-corrected chi connectivity index (χ4v) is 4.66. The second-order valence-corrected chi connectivity index (χ2v) is 9.23. The summed E-state index contributed by atoms with van der Waals surface area (Å²) in [7, 11) is 3.34. The molecule has 0 radical (unpaired) electrons. The molecule has 11 heteroatoms. The summed E-state index contributed by atoms with van der Waals surface area (Å²) in [5, 5.41) is 6.31. The molecular formula is C26H28F2N6O3. The number of nitrogens with zero attached hydrogens (tertiary/aromatic N) is 4. The predicted octanol–water partition coefficient (Wildman–Crippen LogP) is 3.27. The van der Waals surface area contributed by atoms with E-state index in [4.69, 9.17) is 4.74 Å². The van der Waals surface area contributed by atoms with Crippen molar-refractivity contribution in [1.29, 1.82) is 0 Å². The molecule has 2 amide bonds. The summed E-state index contributed by atoms with van der Waals surface area (Å²) in [6.45, 7) is 0.996. The summed E-state index contributed by atoms with van der Waals surface area (Å²) in [6.07, 6.45) is 1.71. The lowest BCUT2D eigenvalue weighted by molar-refractivity contribution is -0.129. The molecule has 0 spiro atoms. The van der Waals surface area contributed by atoms with Gasteiger partial charge in [-0.05, 0) is 35.4 Å². The lowest BCUT2D eigenvalue weighted by Crippen LogP contribution is -2.57. The number of nitrogens with one attached hydrogen (secondary N) is 2. The normalized spacial score (nSPS) is 15.1. The van der Waals surface area contributed by atoms with Crippen LogP contribution in [0.15, 0.2) is 53.5 Å². The number of benzene rings is 2. The van der Waals surface area contributed by atoms with Crippen molar-refractivity contribution in [2.75, 3.05) is 45.2 Å². The smallest absolute Gasteiger partial charge is 0.328 e. The van der Waals surface area contributed by atoms with Crippen molar-refractivity contribution < 1.29 is 18.3 Å². The van der Waals surface area contributed by atoms with Gasteiger partial charge in [0.25, 0.3) is 5.92 Å². The highest BCUT2D eigenvalue weighted by Gasteiger charge is 2.43. The number of likely N-dealkylation sites (tertiary alicyclic amines) is 1. The Bertz CT molecular complexity index is 1510. The van der Waals surface area contributed by atoms with Crippen LogP contribution in [-0.2, 0) is 18.3 Å². The van der Waals surface area contributed by atoms with Crippen LogP contribution in [0.3, 0.4) is 0 Å². The van der Waals surface area contributed by atoms with Crippen molar-refractivity contribution in [2.45, 2.75) is 12.5 Å². The number of carbonyl (C=O) groups is 1. The van der Waals surface area contributed by atoms with Crippen molar-refractivity contribution in [1.82, 2.24) is 24.3 Å². The van der Waals surface area contributed by atoms with Crippen LogP contribution in [0.5, 0.6) is 0 Å². The van der Waals surface area contributed by atoms with Crippen molar-refractivity contribution >= 4 is 33.7 Å². The summed E-state index contributed by atoms with van der Waals surface area (Å²) in [4.78, 5) is 31.1. The summed E-state index contributed by atoms with van der Waals surface area (Å²) in [5.74, 6) is -2.61. The van der Waals surface area contributed by atoms with Gasteiger partial charge in [0.2, 0.25) is 0 Å². The molecule has 37 heavy (non-hydrogen) atoms. The number of aromatic nitrogens is 3. The number of alkyl halides is 2. The Morgan fingerprint density at radius 2 is 1.84 bits per heavy atom. The van der Waals surface area contributed by atoms with Gasteiger partial charge in [0.15, 0.2) is 0 Å². The predicted molar refractivity (Wildman–Crippen MR) is 138 cm³/mol. The van der Waals surface area contributed by atoms with Crippen LogP contribution in [0.4, 0.5) is 19.3 Å². The van der Waals surface area contributed by atoms with Gasteiger partial charge in [-0.25, -0.2) is 18.4 Å². The van der Waals surface area contributed by atoms with Gasteiger partial charge in [-0.15, -0.1) is 0 Å². The first-order valence-electron chi connectivity index (χ1n) is 12.0. The highest BCUT2D eigenvalue weighted by Crippen LogP contribution is 2.29. The molecular weight excluding hydrogens is 482 g/mol. The van der Waals surface area contributed by atoms with E-state index in [1.165, 1.54) is 0 Å². The van der Waals surface area contributed by atoms with Gasteiger partial charge in [0.1, 0.15) is 0 Å². The second-order valence-electron chi connectivity index (χ2n) is 9.23.